The summed E-state index contributed by atoms with van der Waals surface area (Å²) in [4.78, 5) is 0.176. The summed E-state index contributed by atoms with van der Waals surface area (Å²) in [5.41, 5.74) is 0. The van der Waals surface area contributed by atoms with Crippen molar-refractivity contribution in [2.45, 2.75) is 56.4 Å². The average Bonchev–Trinajstić information content (AvgIpc) is 2.85. The fourth-order valence-corrected chi connectivity index (χ4v) is 2.17. The molecular weight excluding hydrogens is 284 g/mol. The number of rotatable bonds is 5. The van der Waals surface area contributed by atoms with Crippen LogP contribution in [0.3, 0.4) is 0 Å². The molecule has 0 saturated carbocycles. The summed E-state index contributed by atoms with van der Waals surface area (Å²) in [6, 6.07) is 0. The lowest BCUT2D eigenvalue weighted by molar-refractivity contribution is 0.0105. The Balaban J connectivity index is 1.80. The Morgan fingerprint density at radius 3 is 3.00 bits per heavy atom. The molecule has 1 aliphatic heterocycles. The van der Waals surface area contributed by atoms with Gasteiger partial charge in [0, 0.05) is 13.0 Å². The molecule has 1 fully saturated rings. The molecule has 96 valence electrons. The monoisotopic (exact) mass is 302 g/mol. The van der Waals surface area contributed by atoms with Gasteiger partial charge in [0.15, 0.2) is 0 Å². The van der Waals surface area contributed by atoms with Gasteiger partial charge in [0.25, 0.3) is 0 Å². The second-order valence-corrected chi connectivity index (χ2v) is 5.54. The number of aromatic nitrogens is 2. The van der Waals surface area contributed by atoms with Crippen LogP contribution in [0.1, 0.15) is 55.6 Å². The van der Waals surface area contributed by atoms with E-state index in [1.165, 1.54) is 12.8 Å². The number of alkyl halides is 1. The summed E-state index contributed by atoms with van der Waals surface area (Å²) >= 11 is 3.51. The maximum atomic E-state index is 5.68. The van der Waals surface area contributed by atoms with Crippen LogP contribution in [0.2, 0.25) is 0 Å². The first-order valence-corrected chi connectivity index (χ1v) is 7.29. The van der Waals surface area contributed by atoms with Crippen molar-refractivity contribution in [3.8, 4) is 0 Å². The SMILES string of the molecule is CCC(Br)c1nnc(CCC2CCCCO2)o1. The van der Waals surface area contributed by atoms with Crippen molar-refractivity contribution in [2.75, 3.05) is 6.61 Å². The zero-order valence-electron chi connectivity index (χ0n) is 10.2. The number of aryl methyl sites for hydroxylation is 1. The molecule has 0 radical (unpaired) electrons. The van der Waals surface area contributed by atoms with Gasteiger partial charge in [0.1, 0.15) is 0 Å². The maximum Gasteiger partial charge on any atom is 0.230 e. The van der Waals surface area contributed by atoms with Gasteiger partial charge < -0.3 is 9.15 Å². The molecule has 1 aromatic heterocycles. The van der Waals surface area contributed by atoms with Gasteiger partial charge in [0.05, 0.1) is 10.9 Å². The number of nitrogens with zero attached hydrogens (tertiary/aromatic N) is 2. The molecule has 17 heavy (non-hydrogen) atoms. The highest BCUT2D eigenvalue weighted by Crippen LogP contribution is 2.25. The summed E-state index contributed by atoms with van der Waals surface area (Å²) in [6.45, 7) is 2.98. The Labute approximate surface area is 110 Å². The number of halogens is 1. The van der Waals surface area contributed by atoms with Crippen molar-refractivity contribution in [3.05, 3.63) is 11.8 Å². The van der Waals surface area contributed by atoms with Crippen molar-refractivity contribution in [1.82, 2.24) is 10.2 Å². The fourth-order valence-electron chi connectivity index (χ4n) is 1.99. The summed E-state index contributed by atoms with van der Waals surface area (Å²) in [5.74, 6) is 1.42. The smallest absolute Gasteiger partial charge is 0.230 e. The van der Waals surface area contributed by atoms with E-state index in [0.29, 0.717) is 12.0 Å². The molecule has 0 amide bonds. The Morgan fingerprint density at radius 2 is 2.29 bits per heavy atom. The van der Waals surface area contributed by atoms with E-state index in [9.17, 15) is 0 Å². The summed E-state index contributed by atoms with van der Waals surface area (Å²) in [5, 5.41) is 8.11. The van der Waals surface area contributed by atoms with E-state index in [0.717, 1.165) is 38.2 Å². The predicted molar refractivity (Wildman–Crippen MR) is 68.2 cm³/mol. The number of hydrogen-bond donors (Lipinski definition) is 0. The minimum absolute atomic E-state index is 0.176. The Morgan fingerprint density at radius 1 is 1.41 bits per heavy atom. The first kappa shape index (κ1) is 13.0. The van der Waals surface area contributed by atoms with Crippen LogP contribution in [0.5, 0.6) is 0 Å². The molecule has 2 rings (SSSR count). The number of hydrogen-bond acceptors (Lipinski definition) is 4. The van der Waals surface area contributed by atoms with E-state index in [1.54, 1.807) is 0 Å². The largest absolute Gasteiger partial charge is 0.424 e. The predicted octanol–water partition coefficient (Wildman–Crippen LogP) is 3.42. The number of ether oxygens (including phenoxy) is 1. The zero-order valence-corrected chi connectivity index (χ0v) is 11.8. The minimum Gasteiger partial charge on any atom is -0.424 e. The normalized spacial score (nSPS) is 22.6. The van der Waals surface area contributed by atoms with E-state index < -0.39 is 0 Å². The van der Waals surface area contributed by atoms with Crippen LogP contribution in [0, 0.1) is 0 Å². The molecule has 0 spiro atoms. The van der Waals surface area contributed by atoms with E-state index in [2.05, 4.69) is 33.1 Å². The molecule has 2 atom stereocenters. The molecule has 0 N–H and O–H groups in total. The maximum absolute atomic E-state index is 5.68. The Bertz CT molecular complexity index is 337. The molecule has 1 aliphatic rings. The third-order valence-corrected chi connectivity index (χ3v) is 4.10. The van der Waals surface area contributed by atoms with E-state index in [-0.39, 0.29) is 4.83 Å². The van der Waals surface area contributed by atoms with Crippen LogP contribution < -0.4 is 0 Å². The molecule has 2 heterocycles. The molecule has 0 bridgehead atoms. The molecule has 0 aliphatic carbocycles. The Hall–Kier alpha value is -0.420. The third-order valence-electron chi connectivity index (χ3n) is 3.06. The van der Waals surface area contributed by atoms with Gasteiger partial charge >= 0.3 is 0 Å². The molecular formula is C12H19BrN2O2. The van der Waals surface area contributed by atoms with Gasteiger partial charge in [-0.3, -0.25) is 0 Å². The Kier molecular flexibility index (Phi) is 4.98. The lowest BCUT2D eigenvalue weighted by Crippen LogP contribution is -2.19. The lowest BCUT2D eigenvalue weighted by Gasteiger charge is -2.21. The van der Waals surface area contributed by atoms with Crippen molar-refractivity contribution in [2.24, 2.45) is 0 Å². The van der Waals surface area contributed by atoms with E-state index in [4.69, 9.17) is 9.15 Å². The standard InChI is InChI=1S/C12H19BrN2O2/c1-2-10(13)12-15-14-11(17-12)7-6-9-5-3-4-8-16-9/h9-10H,2-8H2,1H3. The van der Waals surface area contributed by atoms with Gasteiger partial charge in [-0.25, -0.2) is 0 Å². The summed E-state index contributed by atoms with van der Waals surface area (Å²) in [7, 11) is 0. The van der Waals surface area contributed by atoms with Crippen LogP contribution in [-0.2, 0) is 11.2 Å². The van der Waals surface area contributed by atoms with Gasteiger partial charge in [-0.05, 0) is 32.1 Å². The molecule has 0 aromatic carbocycles. The van der Waals surface area contributed by atoms with Crippen LogP contribution >= 0.6 is 15.9 Å². The van der Waals surface area contributed by atoms with Crippen molar-refractivity contribution in [3.63, 3.8) is 0 Å². The minimum atomic E-state index is 0.176. The van der Waals surface area contributed by atoms with Crippen LogP contribution in [0.15, 0.2) is 4.42 Å². The highest BCUT2D eigenvalue weighted by atomic mass is 79.9. The topological polar surface area (TPSA) is 48.2 Å². The molecule has 1 saturated heterocycles. The molecule has 5 heteroatoms. The van der Waals surface area contributed by atoms with Crippen LogP contribution in [0.4, 0.5) is 0 Å². The first-order valence-electron chi connectivity index (χ1n) is 6.37. The van der Waals surface area contributed by atoms with Gasteiger partial charge in [0.2, 0.25) is 11.8 Å². The second-order valence-electron chi connectivity index (χ2n) is 4.44. The molecule has 4 nitrogen and oxygen atoms in total. The molecule has 2 unspecified atom stereocenters. The highest BCUT2D eigenvalue weighted by molar-refractivity contribution is 9.09. The fraction of sp³-hybridized carbons (Fsp3) is 0.833. The van der Waals surface area contributed by atoms with Gasteiger partial charge in [-0.1, -0.05) is 22.9 Å². The summed E-state index contributed by atoms with van der Waals surface area (Å²) < 4.78 is 11.3. The second kappa shape index (κ2) is 6.50. The van der Waals surface area contributed by atoms with Crippen molar-refractivity contribution >= 4 is 15.9 Å². The highest BCUT2D eigenvalue weighted by Gasteiger charge is 2.17. The van der Waals surface area contributed by atoms with Crippen molar-refractivity contribution < 1.29 is 9.15 Å². The lowest BCUT2D eigenvalue weighted by atomic mass is 10.0. The third kappa shape index (κ3) is 3.78. The van der Waals surface area contributed by atoms with E-state index >= 15 is 0 Å². The van der Waals surface area contributed by atoms with Crippen molar-refractivity contribution in [1.29, 1.82) is 0 Å². The quantitative estimate of drug-likeness (QED) is 0.782. The van der Waals surface area contributed by atoms with E-state index in [1.807, 2.05) is 0 Å². The van der Waals surface area contributed by atoms with Gasteiger partial charge in [-0.2, -0.15) is 0 Å². The molecule has 1 aromatic rings. The van der Waals surface area contributed by atoms with Crippen LogP contribution in [0.25, 0.3) is 0 Å². The summed E-state index contributed by atoms with van der Waals surface area (Å²) in [6.07, 6.45) is 6.78. The van der Waals surface area contributed by atoms with Crippen LogP contribution in [-0.4, -0.2) is 22.9 Å². The zero-order chi connectivity index (χ0) is 12.1. The van der Waals surface area contributed by atoms with Gasteiger partial charge in [-0.15, -0.1) is 10.2 Å². The first-order chi connectivity index (χ1) is 8.29. The average molecular weight is 303 g/mol.